The molecule has 0 bridgehead atoms. The summed E-state index contributed by atoms with van der Waals surface area (Å²) in [7, 11) is 0. The molecule has 0 fully saturated rings. The van der Waals surface area contributed by atoms with Crippen molar-refractivity contribution in [3.63, 3.8) is 0 Å². The molecule has 0 atom stereocenters. The number of carbonyl (C=O) groups excluding carboxylic acids is 1. The molecule has 0 radical (unpaired) electrons. The molecule has 1 aromatic heterocycles. The van der Waals surface area contributed by atoms with Crippen molar-refractivity contribution in [2.45, 2.75) is 20.3 Å². The van der Waals surface area contributed by atoms with E-state index in [0.29, 0.717) is 0 Å². The summed E-state index contributed by atoms with van der Waals surface area (Å²) in [6.45, 7) is 4.20. The normalized spacial score (nSPS) is 10.7. The summed E-state index contributed by atoms with van der Waals surface area (Å²) in [6.07, 6.45) is 1.93. The summed E-state index contributed by atoms with van der Waals surface area (Å²) in [4.78, 5) is 10.9. The monoisotopic (exact) mass is 204 g/mol. The summed E-state index contributed by atoms with van der Waals surface area (Å²) in [5, 5.41) is 3.34. The molecule has 72 valence electrons. The van der Waals surface area contributed by atoms with E-state index < -0.39 is 0 Å². The molecule has 0 spiro atoms. The first kappa shape index (κ1) is 9.41. The summed E-state index contributed by atoms with van der Waals surface area (Å²) >= 11 is 1.65. The van der Waals surface area contributed by atoms with Gasteiger partial charge in [0.05, 0.1) is 0 Å². The number of carbonyl (C=O) groups is 1. The van der Waals surface area contributed by atoms with Gasteiger partial charge in [-0.1, -0.05) is 13.0 Å². The van der Waals surface area contributed by atoms with E-state index in [1.54, 1.807) is 11.3 Å². The molecule has 14 heavy (non-hydrogen) atoms. The molecule has 1 aromatic carbocycles. The lowest BCUT2D eigenvalue weighted by molar-refractivity contribution is 0.112. The Morgan fingerprint density at radius 2 is 2.21 bits per heavy atom. The zero-order valence-corrected chi connectivity index (χ0v) is 9.15. The van der Waals surface area contributed by atoms with Crippen molar-refractivity contribution in [3.05, 3.63) is 34.2 Å². The third-order valence-electron chi connectivity index (χ3n) is 2.49. The Bertz CT molecular complexity index is 482. The van der Waals surface area contributed by atoms with Crippen molar-refractivity contribution >= 4 is 27.7 Å². The van der Waals surface area contributed by atoms with Crippen molar-refractivity contribution in [2.24, 2.45) is 0 Å². The first-order valence-electron chi connectivity index (χ1n) is 4.72. The summed E-state index contributed by atoms with van der Waals surface area (Å²) < 4.78 is 1.12. The number of hydrogen-bond donors (Lipinski definition) is 0. The Hall–Kier alpha value is -1.15. The first-order valence-corrected chi connectivity index (χ1v) is 5.60. The molecule has 2 rings (SSSR count). The van der Waals surface area contributed by atoms with Crippen LogP contribution >= 0.6 is 11.3 Å². The lowest BCUT2D eigenvalue weighted by Crippen LogP contribution is -1.86. The fraction of sp³-hybridized carbons (Fsp3) is 0.250. The van der Waals surface area contributed by atoms with Gasteiger partial charge in [-0.25, -0.2) is 0 Å². The number of thiophene rings is 1. The highest BCUT2D eigenvalue weighted by atomic mass is 32.1. The lowest BCUT2D eigenvalue weighted by Gasteiger charge is -2.00. The zero-order valence-electron chi connectivity index (χ0n) is 8.33. The second-order valence-electron chi connectivity index (χ2n) is 3.45. The number of rotatable bonds is 2. The van der Waals surface area contributed by atoms with Gasteiger partial charge in [0, 0.05) is 10.3 Å². The van der Waals surface area contributed by atoms with Crippen LogP contribution in [0.1, 0.15) is 28.4 Å². The first-order chi connectivity index (χ1) is 6.76. The van der Waals surface area contributed by atoms with Gasteiger partial charge in [0.15, 0.2) is 6.29 Å². The Morgan fingerprint density at radius 3 is 2.86 bits per heavy atom. The molecule has 2 heteroatoms. The van der Waals surface area contributed by atoms with Gasteiger partial charge in [0.25, 0.3) is 0 Å². The second-order valence-corrected chi connectivity index (χ2v) is 4.33. The number of aryl methyl sites for hydroxylation is 2. The molecular formula is C12H12OS. The minimum Gasteiger partial charge on any atom is -0.298 e. The summed E-state index contributed by atoms with van der Waals surface area (Å²) in [5.41, 5.74) is 3.34. The maximum atomic E-state index is 10.9. The molecule has 0 aliphatic heterocycles. The van der Waals surface area contributed by atoms with Crippen LogP contribution in [0.25, 0.3) is 10.1 Å². The molecule has 1 nitrogen and oxygen atoms in total. The van der Waals surface area contributed by atoms with E-state index >= 15 is 0 Å². The van der Waals surface area contributed by atoms with Crippen molar-refractivity contribution < 1.29 is 4.79 Å². The molecule has 0 unspecified atom stereocenters. The molecule has 2 aromatic rings. The molecule has 0 N–H and O–H groups in total. The van der Waals surface area contributed by atoms with Gasteiger partial charge >= 0.3 is 0 Å². The number of hydrogen-bond acceptors (Lipinski definition) is 2. The Balaban J connectivity index is 2.82. The van der Waals surface area contributed by atoms with Crippen molar-refractivity contribution in [2.75, 3.05) is 0 Å². The van der Waals surface area contributed by atoms with Crippen LogP contribution in [-0.2, 0) is 6.42 Å². The van der Waals surface area contributed by atoms with Crippen LogP contribution in [0.15, 0.2) is 17.5 Å². The van der Waals surface area contributed by atoms with Gasteiger partial charge in [-0.15, -0.1) is 11.3 Å². The highest BCUT2D eigenvalue weighted by Crippen LogP contribution is 2.29. The quantitative estimate of drug-likeness (QED) is 0.683. The van der Waals surface area contributed by atoms with Crippen LogP contribution in [0.2, 0.25) is 0 Å². The number of aldehydes is 1. The van der Waals surface area contributed by atoms with E-state index in [4.69, 9.17) is 0 Å². The highest BCUT2D eigenvalue weighted by Gasteiger charge is 2.06. The molecule has 0 aliphatic rings. The standard InChI is InChI=1S/C12H12OS/c1-3-9-4-10(6-13)12-11(5-9)8(2)7-14-12/h4-7H,3H2,1-2H3. The van der Waals surface area contributed by atoms with Gasteiger partial charge in [-0.05, 0) is 41.3 Å². The van der Waals surface area contributed by atoms with Gasteiger partial charge in [0.2, 0.25) is 0 Å². The minimum atomic E-state index is 0.831. The fourth-order valence-electron chi connectivity index (χ4n) is 1.64. The average Bonchev–Trinajstić information content (AvgIpc) is 2.59. The van der Waals surface area contributed by atoms with Crippen molar-refractivity contribution in [1.82, 2.24) is 0 Å². The van der Waals surface area contributed by atoms with Gasteiger partial charge in [0.1, 0.15) is 0 Å². The predicted molar refractivity (Wildman–Crippen MR) is 61.3 cm³/mol. The van der Waals surface area contributed by atoms with Crippen molar-refractivity contribution in [3.8, 4) is 0 Å². The molecule has 0 aliphatic carbocycles. The van der Waals surface area contributed by atoms with Gasteiger partial charge in [-0.3, -0.25) is 4.79 Å². The van der Waals surface area contributed by atoms with Crippen molar-refractivity contribution in [1.29, 1.82) is 0 Å². The summed E-state index contributed by atoms with van der Waals surface area (Å²) in [6, 6.07) is 4.18. The zero-order chi connectivity index (χ0) is 10.1. The van der Waals surface area contributed by atoms with E-state index in [9.17, 15) is 4.79 Å². The van der Waals surface area contributed by atoms with Crippen LogP contribution in [0.4, 0.5) is 0 Å². The highest BCUT2D eigenvalue weighted by molar-refractivity contribution is 7.17. The van der Waals surface area contributed by atoms with Crippen LogP contribution in [0.3, 0.4) is 0 Å². The molecule has 0 saturated heterocycles. The van der Waals surface area contributed by atoms with Crippen LogP contribution in [0.5, 0.6) is 0 Å². The predicted octanol–water partition coefficient (Wildman–Crippen LogP) is 3.58. The average molecular weight is 204 g/mol. The SMILES string of the molecule is CCc1cc(C=O)c2scc(C)c2c1. The smallest absolute Gasteiger partial charge is 0.151 e. The van der Waals surface area contributed by atoms with Gasteiger partial charge in [-0.2, -0.15) is 0 Å². The summed E-state index contributed by atoms with van der Waals surface area (Å²) in [5.74, 6) is 0. The minimum absolute atomic E-state index is 0.831. The van der Waals surface area contributed by atoms with E-state index in [-0.39, 0.29) is 0 Å². The largest absolute Gasteiger partial charge is 0.298 e. The van der Waals surface area contributed by atoms with E-state index in [1.807, 2.05) is 6.07 Å². The third-order valence-corrected chi connectivity index (χ3v) is 3.65. The van der Waals surface area contributed by atoms with Crippen LogP contribution < -0.4 is 0 Å². The third kappa shape index (κ3) is 1.36. The molecule has 1 heterocycles. The maximum absolute atomic E-state index is 10.9. The van der Waals surface area contributed by atoms with E-state index in [2.05, 4.69) is 25.3 Å². The fourth-order valence-corrected chi connectivity index (χ4v) is 2.65. The van der Waals surface area contributed by atoms with E-state index in [1.165, 1.54) is 16.5 Å². The van der Waals surface area contributed by atoms with Crippen LogP contribution in [0, 0.1) is 6.92 Å². The second kappa shape index (κ2) is 3.54. The molecular weight excluding hydrogens is 192 g/mol. The Morgan fingerprint density at radius 1 is 1.43 bits per heavy atom. The number of benzene rings is 1. The number of fused-ring (bicyclic) bond motifs is 1. The lowest BCUT2D eigenvalue weighted by atomic mass is 10.0. The Labute approximate surface area is 87.4 Å². The Kier molecular flexibility index (Phi) is 2.38. The van der Waals surface area contributed by atoms with Crippen LogP contribution in [-0.4, -0.2) is 6.29 Å². The molecule has 0 amide bonds. The molecule has 0 saturated carbocycles. The van der Waals surface area contributed by atoms with Gasteiger partial charge < -0.3 is 0 Å². The van der Waals surface area contributed by atoms with E-state index in [0.717, 1.165) is 23.0 Å². The maximum Gasteiger partial charge on any atom is 0.151 e. The topological polar surface area (TPSA) is 17.1 Å².